The molecule has 0 radical (unpaired) electrons. The van der Waals surface area contributed by atoms with E-state index < -0.39 is 23.4 Å². The van der Waals surface area contributed by atoms with E-state index in [0.29, 0.717) is 16.5 Å². The molecule has 0 fully saturated rings. The van der Waals surface area contributed by atoms with Crippen LogP contribution in [0.1, 0.15) is 11.3 Å². The van der Waals surface area contributed by atoms with Crippen LogP contribution in [-0.2, 0) is 9.53 Å². The van der Waals surface area contributed by atoms with E-state index in [-0.39, 0.29) is 5.75 Å². The van der Waals surface area contributed by atoms with Crippen molar-refractivity contribution in [2.24, 2.45) is 0 Å². The van der Waals surface area contributed by atoms with Crippen LogP contribution in [0, 0.1) is 18.6 Å². The summed E-state index contributed by atoms with van der Waals surface area (Å²) in [5.74, 6) is -2.42. The number of hydrogen-bond acceptors (Lipinski definition) is 7. The molecule has 2 aromatic heterocycles. The average molecular weight is 403 g/mol. The van der Waals surface area contributed by atoms with Gasteiger partial charge in [0.1, 0.15) is 11.6 Å². The largest absolute Gasteiger partial charge is 0.466 e. The lowest BCUT2D eigenvalue weighted by atomic mass is 10.2. The number of thiazole rings is 1. The van der Waals surface area contributed by atoms with E-state index in [1.165, 1.54) is 42.9 Å². The molecule has 6 nitrogen and oxygen atoms in total. The van der Waals surface area contributed by atoms with Crippen molar-refractivity contribution in [3.63, 3.8) is 0 Å². The summed E-state index contributed by atoms with van der Waals surface area (Å²) in [6, 6.07) is 4.86. The quantitative estimate of drug-likeness (QED) is 0.469. The number of methoxy groups -OCH3 is 1. The van der Waals surface area contributed by atoms with Gasteiger partial charge in [-0.15, -0.1) is 11.3 Å². The molecule has 0 spiro atoms. The molecule has 0 amide bonds. The second-order valence-corrected chi connectivity index (χ2v) is 6.39. The molecule has 144 valence electrons. The van der Waals surface area contributed by atoms with Crippen LogP contribution >= 0.6 is 11.3 Å². The van der Waals surface area contributed by atoms with E-state index in [0.717, 1.165) is 23.9 Å². The number of halogens is 2. The number of para-hydroxylation sites is 1. The van der Waals surface area contributed by atoms with E-state index in [9.17, 15) is 13.6 Å². The number of aryl methyl sites for hydroxylation is 1. The summed E-state index contributed by atoms with van der Waals surface area (Å²) in [5.41, 5.74) is 1.17. The molecule has 28 heavy (non-hydrogen) atoms. The van der Waals surface area contributed by atoms with Crippen LogP contribution in [0.4, 0.5) is 19.7 Å². The second kappa shape index (κ2) is 8.57. The number of pyridine rings is 1. The minimum atomic E-state index is -0.857. The summed E-state index contributed by atoms with van der Waals surface area (Å²) >= 11 is 1.38. The standard InChI is InChI=1S/C19H15F2N3O3S/c1-11-10-28-19(23-11)24-16-8-15(12(9-22-16)6-7-17(25)26-2)27-18-13(20)4-3-5-14(18)21/h3-10H,1-2H3,(H,22,23,24)/b7-6+. The predicted octanol–water partition coefficient (Wildman–Crippen LogP) is 4.85. The number of rotatable bonds is 6. The Kier molecular flexibility index (Phi) is 5.95. The maximum atomic E-state index is 14.0. The lowest BCUT2D eigenvalue weighted by Crippen LogP contribution is -1.99. The highest BCUT2D eigenvalue weighted by Gasteiger charge is 2.14. The van der Waals surface area contributed by atoms with E-state index in [2.05, 4.69) is 20.0 Å². The number of carbonyl (C=O) groups is 1. The second-order valence-electron chi connectivity index (χ2n) is 5.54. The van der Waals surface area contributed by atoms with Gasteiger partial charge in [-0.2, -0.15) is 0 Å². The van der Waals surface area contributed by atoms with Crippen molar-refractivity contribution in [1.29, 1.82) is 0 Å². The van der Waals surface area contributed by atoms with Crippen LogP contribution in [0.3, 0.4) is 0 Å². The van der Waals surface area contributed by atoms with E-state index in [1.54, 1.807) is 0 Å². The van der Waals surface area contributed by atoms with E-state index in [1.807, 2.05) is 12.3 Å². The third-order valence-electron chi connectivity index (χ3n) is 3.48. The van der Waals surface area contributed by atoms with Crippen molar-refractivity contribution in [3.05, 3.63) is 64.8 Å². The molecular weight excluding hydrogens is 388 g/mol. The first-order valence-electron chi connectivity index (χ1n) is 8.03. The molecule has 3 aromatic rings. The first kappa shape index (κ1) is 19.4. The third-order valence-corrected chi connectivity index (χ3v) is 4.36. The molecule has 0 aliphatic rings. The van der Waals surface area contributed by atoms with E-state index in [4.69, 9.17) is 4.74 Å². The lowest BCUT2D eigenvalue weighted by Gasteiger charge is -2.12. The van der Waals surface area contributed by atoms with Gasteiger partial charge in [0.25, 0.3) is 0 Å². The van der Waals surface area contributed by atoms with Crippen LogP contribution in [0.25, 0.3) is 6.08 Å². The Morgan fingerprint density at radius 1 is 1.29 bits per heavy atom. The summed E-state index contributed by atoms with van der Waals surface area (Å²) in [6.07, 6.45) is 3.93. The molecule has 0 saturated carbocycles. The van der Waals surface area contributed by atoms with Gasteiger partial charge in [-0.1, -0.05) is 6.07 Å². The Morgan fingerprint density at radius 2 is 2.04 bits per heavy atom. The SMILES string of the molecule is COC(=O)/C=C/c1cnc(Nc2nc(C)cs2)cc1Oc1c(F)cccc1F. The topological polar surface area (TPSA) is 73.3 Å². The number of nitrogens with zero attached hydrogens (tertiary/aromatic N) is 2. The van der Waals surface area contributed by atoms with Crippen LogP contribution in [0.5, 0.6) is 11.5 Å². The zero-order valence-corrected chi connectivity index (χ0v) is 15.7. The number of nitrogens with one attached hydrogen (secondary N) is 1. The molecule has 0 saturated heterocycles. The van der Waals surface area contributed by atoms with Gasteiger partial charge in [0.15, 0.2) is 22.5 Å². The van der Waals surface area contributed by atoms with Gasteiger partial charge in [-0.25, -0.2) is 23.5 Å². The number of esters is 1. The Bertz CT molecular complexity index is 1020. The number of carbonyl (C=O) groups excluding carboxylic acids is 1. The molecule has 1 aromatic carbocycles. The molecule has 2 heterocycles. The van der Waals surface area contributed by atoms with Crippen LogP contribution in [0.15, 0.2) is 41.9 Å². The van der Waals surface area contributed by atoms with Crippen molar-refractivity contribution in [3.8, 4) is 11.5 Å². The zero-order chi connectivity index (χ0) is 20.1. The fourth-order valence-electron chi connectivity index (χ4n) is 2.17. The number of aromatic nitrogens is 2. The first-order chi connectivity index (χ1) is 13.5. The number of hydrogen-bond donors (Lipinski definition) is 1. The Hall–Kier alpha value is -3.33. The van der Waals surface area contributed by atoms with Crippen molar-refractivity contribution >= 4 is 34.3 Å². The van der Waals surface area contributed by atoms with Gasteiger partial charge < -0.3 is 14.8 Å². The maximum absolute atomic E-state index is 14.0. The van der Waals surface area contributed by atoms with Gasteiger partial charge in [0, 0.05) is 29.3 Å². The summed E-state index contributed by atoms with van der Waals surface area (Å²) in [5, 5.41) is 5.46. The fourth-order valence-corrected chi connectivity index (χ4v) is 2.86. The van der Waals surface area contributed by atoms with Gasteiger partial charge >= 0.3 is 5.97 Å². The fraction of sp³-hybridized carbons (Fsp3) is 0.105. The summed E-state index contributed by atoms with van der Waals surface area (Å²) in [6.45, 7) is 1.85. The monoisotopic (exact) mass is 403 g/mol. The van der Waals surface area contributed by atoms with Crippen LogP contribution in [0.2, 0.25) is 0 Å². The summed E-state index contributed by atoms with van der Waals surface area (Å²) in [4.78, 5) is 19.9. The average Bonchev–Trinajstić information content (AvgIpc) is 3.08. The summed E-state index contributed by atoms with van der Waals surface area (Å²) < 4.78 is 38.0. The molecule has 0 aliphatic heterocycles. The summed E-state index contributed by atoms with van der Waals surface area (Å²) in [7, 11) is 1.24. The van der Waals surface area contributed by atoms with Crippen molar-refractivity contribution in [1.82, 2.24) is 9.97 Å². The lowest BCUT2D eigenvalue weighted by molar-refractivity contribution is -0.134. The smallest absolute Gasteiger partial charge is 0.330 e. The van der Waals surface area contributed by atoms with Crippen LogP contribution in [-0.4, -0.2) is 23.0 Å². The van der Waals surface area contributed by atoms with Gasteiger partial charge in [0.2, 0.25) is 0 Å². The minimum absolute atomic E-state index is 0.0925. The van der Waals surface area contributed by atoms with Gasteiger partial charge in [-0.3, -0.25) is 0 Å². The number of ether oxygens (including phenoxy) is 2. The molecule has 0 unspecified atom stereocenters. The first-order valence-corrected chi connectivity index (χ1v) is 8.91. The molecule has 0 aliphatic carbocycles. The van der Waals surface area contributed by atoms with Gasteiger partial charge in [-0.05, 0) is 25.1 Å². The number of anilines is 2. The number of benzene rings is 1. The Labute approximate surface area is 163 Å². The van der Waals surface area contributed by atoms with Crippen molar-refractivity contribution in [2.45, 2.75) is 6.92 Å². The Balaban J connectivity index is 1.97. The van der Waals surface area contributed by atoms with Crippen LogP contribution < -0.4 is 10.1 Å². The van der Waals surface area contributed by atoms with Crippen molar-refractivity contribution < 1.29 is 23.0 Å². The van der Waals surface area contributed by atoms with Gasteiger partial charge in [0.05, 0.1) is 12.8 Å². The van der Waals surface area contributed by atoms with E-state index >= 15 is 0 Å². The molecule has 9 heteroatoms. The molecule has 1 N–H and O–H groups in total. The molecule has 0 bridgehead atoms. The third kappa shape index (κ3) is 4.68. The Morgan fingerprint density at radius 3 is 2.68 bits per heavy atom. The zero-order valence-electron chi connectivity index (χ0n) is 14.9. The minimum Gasteiger partial charge on any atom is -0.466 e. The predicted molar refractivity (Wildman–Crippen MR) is 102 cm³/mol. The maximum Gasteiger partial charge on any atom is 0.330 e. The molecule has 3 rings (SSSR count). The molecular formula is C19H15F2N3O3S. The highest BCUT2D eigenvalue weighted by molar-refractivity contribution is 7.13. The normalized spacial score (nSPS) is 10.9. The molecule has 0 atom stereocenters. The van der Waals surface area contributed by atoms with Crippen molar-refractivity contribution in [2.75, 3.05) is 12.4 Å². The highest BCUT2D eigenvalue weighted by atomic mass is 32.1. The highest BCUT2D eigenvalue weighted by Crippen LogP contribution is 2.32.